The summed E-state index contributed by atoms with van der Waals surface area (Å²) in [4.78, 5) is 29.4. The van der Waals surface area contributed by atoms with Crippen molar-refractivity contribution in [2.45, 2.75) is 87.7 Å². The number of hydrogen-bond donors (Lipinski definition) is 4. The van der Waals surface area contributed by atoms with Gasteiger partial charge in [-0.15, -0.1) is 11.8 Å². The molecule has 4 aliphatic carbocycles. The van der Waals surface area contributed by atoms with E-state index in [1.165, 1.54) is 31.0 Å². The highest BCUT2D eigenvalue weighted by Crippen LogP contribution is 2.55. The maximum atomic E-state index is 13.2. The lowest BCUT2D eigenvalue weighted by Crippen LogP contribution is -2.61. The molecule has 4 aromatic rings. The lowest BCUT2D eigenvalue weighted by atomic mass is 9.53. The van der Waals surface area contributed by atoms with E-state index in [0.717, 1.165) is 70.4 Å². The van der Waals surface area contributed by atoms with E-state index in [9.17, 15) is 19.8 Å². The molecule has 4 bridgehead atoms. The number of amides is 2. The molecular formula is C43H47N3O6S. The van der Waals surface area contributed by atoms with Gasteiger partial charge in [0.2, 0.25) is 0 Å². The standard InChI is InChI=1S/C43H47N3O6S/c1-26-37(25-53-39-36(40(48)49)9-4-14-44-39)51-41(52-38(26)32-12-10-27(24-47)11-13-32)35-8-3-7-34(19-35)33-6-2-5-28(18-33)23-45-42(50)46-43-20-29-15-30(21-43)17-31(16-29)22-43/h2-14,18-19,26,29-31,37-38,41,47H,15-17,20-25H2,1H3,(H,48,49)(H2,45,46,50)/t26-,29?,30?,31?,37+,38+,41+,43?/m0/s1. The van der Waals surface area contributed by atoms with E-state index in [2.05, 4.69) is 46.8 Å². The Balaban J connectivity index is 0.978. The minimum atomic E-state index is -1.02. The number of urea groups is 1. The van der Waals surface area contributed by atoms with Crippen LogP contribution >= 0.6 is 11.8 Å². The highest BCUT2D eigenvalue weighted by molar-refractivity contribution is 7.99. The number of hydrogen-bond acceptors (Lipinski definition) is 7. The number of carbonyl (C=O) groups excluding carboxylic acids is 1. The lowest BCUT2D eigenvalue weighted by Gasteiger charge is -2.56. The smallest absolute Gasteiger partial charge is 0.338 e. The minimum absolute atomic E-state index is 0.0262. The van der Waals surface area contributed by atoms with Gasteiger partial charge in [0.1, 0.15) is 5.03 Å². The average Bonchev–Trinajstić information content (AvgIpc) is 3.16. The second-order valence-corrected chi connectivity index (χ2v) is 16.6. The first kappa shape index (κ1) is 35.8. The van der Waals surface area contributed by atoms with Crippen LogP contribution in [-0.2, 0) is 22.6 Å². The summed E-state index contributed by atoms with van der Waals surface area (Å²) < 4.78 is 13.4. The van der Waals surface area contributed by atoms with Crippen LogP contribution in [0.25, 0.3) is 11.1 Å². The average molecular weight is 734 g/mol. The fraction of sp³-hybridized carbons (Fsp3) is 0.419. The summed E-state index contributed by atoms with van der Waals surface area (Å²) in [6, 6.07) is 27.3. The van der Waals surface area contributed by atoms with Gasteiger partial charge in [-0.3, -0.25) is 0 Å². The van der Waals surface area contributed by atoms with Crippen molar-refractivity contribution in [1.82, 2.24) is 15.6 Å². The van der Waals surface area contributed by atoms with Crippen LogP contribution in [0.1, 0.15) is 90.5 Å². The zero-order chi connectivity index (χ0) is 36.5. The van der Waals surface area contributed by atoms with E-state index in [4.69, 9.17) is 9.47 Å². The van der Waals surface area contributed by atoms with Gasteiger partial charge in [-0.1, -0.05) is 67.6 Å². The Bertz CT molecular complexity index is 1920. The topological polar surface area (TPSA) is 130 Å². The molecule has 2 amide bonds. The fourth-order valence-corrected chi connectivity index (χ4v) is 10.7. The molecule has 0 unspecified atom stereocenters. The SMILES string of the molecule is C[C@H]1[C@@H](CSc2ncccc2C(=O)O)O[C@@H](c2cccc(-c3cccc(CNC(=O)NC45CC6CC(CC(C6)C4)C5)c3)c2)O[C@H]1c1ccc(CO)cc1. The van der Waals surface area contributed by atoms with Crippen molar-refractivity contribution in [2.75, 3.05) is 5.75 Å². The normalized spacial score (nSPS) is 28.8. The summed E-state index contributed by atoms with van der Waals surface area (Å²) in [6.07, 6.45) is 7.73. The molecule has 10 heteroatoms. The van der Waals surface area contributed by atoms with Gasteiger partial charge in [0.15, 0.2) is 6.29 Å². The largest absolute Gasteiger partial charge is 0.478 e. The zero-order valence-corrected chi connectivity index (χ0v) is 30.8. The molecule has 4 N–H and O–H groups in total. The number of ether oxygens (including phenoxy) is 2. The quantitative estimate of drug-likeness (QED) is 0.113. The van der Waals surface area contributed by atoms with Crippen LogP contribution in [0, 0.1) is 23.7 Å². The van der Waals surface area contributed by atoms with Gasteiger partial charge in [0.25, 0.3) is 0 Å². The van der Waals surface area contributed by atoms with Gasteiger partial charge in [0, 0.05) is 35.5 Å². The van der Waals surface area contributed by atoms with Crippen LogP contribution < -0.4 is 10.6 Å². The number of nitrogens with zero attached hydrogens (tertiary/aromatic N) is 1. The molecule has 9 nitrogen and oxygen atoms in total. The van der Waals surface area contributed by atoms with E-state index >= 15 is 0 Å². The van der Waals surface area contributed by atoms with E-state index in [1.54, 1.807) is 18.3 Å². The Labute approximate surface area is 314 Å². The molecule has 0 spiro atoms. The number of carbonyl (C=O) groups is 2. The maximum Gasteiger partial charge on any atom is 0.338 e. The summed E-state index contributed by atoms with van der Waals surface area (Å²) in [5, 5.41) is 26.4. The molecule has 4 saturated carbocycles. The van der Waals surface area contributed by atoms with Crippen LogP contribution in [0.2, 0.25) is 0 Å². The number of benzene rings is 3. The molecule has 5 fully saturated rings. The zero-order valence-electron chi connectivity index (χ0n) is 29.9. The molecule has 53 heavy (non-hydrogen) atoms. The van der Waals surface area contributed by atoms with Crippen molar-refractivity contribution >= 4 is 23.8 Å². The Morgan fingerprint density at radius 1 is 0.849 bits per heavy atom. The first-order valence-electron chi connectivity index (χ1n) is 18.8. The van der Waals surface area contributed by atoms with Gasteiger partial charge in [-0.05, 0) is 108 Å². The van der Waals surface area contributed by atoms with Crippen molar-refractivity contribution < 1.29 is 29.3 Å². The van der Waals surface area contributed by atoms with Crippen LogP contribution in [0.5, 0.6) is 0 Å². The van der Waals surface area contributed by atoms with Gasteiger partial charge in [-0.25, -0.2) is 14.6 Å². The molecular weight excluding hydrogens is 687 g/mol. The highest BCUT2D eigenvalue weighted by atomic mass is 32.2. The lowest BCUT2D eigenvalue weighted by molar-refractivity contribution is -0.268. The maximum absolute atomic E-state index is 13.2. The molecule has 0 radical (unpaired) electrons. The second-order valence-electron chi connectivity index (χ2n) is 15.6. The van der Waals surface area contributed by atoms with Crippen molar-refractivity contribution in [3.63, 3.8) is 0 Å². The number of rotatable bonds is 11. The number of aromatic carboxylic acids is 1. The Morgan fingerprint density at radius 2 is 1.55 bits per heavy atom. The Morgan fingerprint density at radius 3 is 2.25 bits per heavy atom. The molecule has 276 valence electrons. The first-order chi connectivity index (χ1) is 25.7. The monoisotopic (exact) mass is 733 g/mol. The number of aliphatic hydroxyl groups is 1. The number of aliphatic hydroxyl groups excluding tert-OH is 1. The highest BCUT2D eigenvalue weighted by Gasteiger charge is 2.51. The number of pyridine rings is 1. The van der Waals surface area contributed by atoms with Crippen molar-refractivity contribution in [1.29, 1.82) is 0 Å². The molecule has 4 atom stereocenters. The van der Waals surface area contributed by atoms with Crippen LogP contribution in [0.3, 0.4) is 0 Å². The summed E-state index contributed by atoms with van der Waals surface area (Å²) in [5.74, 6) is 1.72. The summed E-state index contributed by atoms with van der Waals surface area (Å²) >= 11 is 1.37. The minimum Gasteiger partial charge on any atom is -0.478 e. The van der Waals surface area contributed by atoms with Crippen molar-refractivity contribution in [3.8, 4) is 11.1 Å². The third-order valence-corrected chi connectivity index (χ3v) is 12.9. The van der Waals surface area contributed by atoms with Crippen LogP contribution in [0.4, 0.5) is 4.79 Å². The summed E-state index contributed by atoms with van der Waals surface area (Å²) in [7, 11) is 0. The predicted octanol–water partition coefficient (Wildman–Crippen LogP) is 8.29. The first-order valence-corrected chi connectivity index (χ1v) is 19.8. The fourth-order valence-electron chi connectivity index (χ4n) is 9.60. The molecule has 1 saturated heterocycles. The van der Waals surface area contributed by atoms with E-state index in [0.29, 0.717) is 17.3 Å². The molecule has 9 rings (SSSR count). The summed E-state index contributed by atoms with van der Waals surface area (Å²) in [5.41, 5.74) is 5.85. The molecule has 2 heterocycles. The van der Waals surface area contributed by atoms with Crippen LogP contribution in [0.15, 0.2) is 96.2 Å². The number of aromatic nitrogens is 1. The van der Waals surface area contributed by atoms with Crippen LogP contribution in [-0.4, -0.2) is 44.6 Å². The summed E-state index contributed by atoms with van der Waals surface area (Å²) in [6.45, 7) is 2.48. The third kappa shape index (κ3) is 7.87. The van der Waals surface area contributed by atoms with Gasteiger partial charge < -0.3 is 30.3 Å². The van der Waals surface area contributed by atoms with Crippen molar-refractivity contribution in [3.05, 3.63) is 119 Å². The van der Waals surface area contributed by atoms with Gasteiger partial charge in [-0.2, -0.15) is 0 Å². The van der Waals surface area contributed by atoms with Crippen molar-refractivity contribution in [2.24, 2.45) is 23.7 Å². The molecule has 5 aliphatic rings. The van der Waals surface area contributed by atoms with E-state index < -0.39 is 12.3 Å². The van der Waals surface area contributed by atoms with E-state index in [-0.39, 0.29) is 41.9 Å². The Hall–Kier alpha value is -4.22. The van der Waals surface area contributed by atoms with E-state index in [1.807, 2.05) is 48.5 Å². The molecule has 1 aromatic heterocycles. The second kappa shape index (κ2) is 15.3. The number of nitrogens with one attached hydrogen (secondary N) is 2. The number of thioether (sulfide) groups is 1. The number of carboxylic acids is 1. The van der Waals surface area contributed by atoms with Gasteiger partial charge in [0.05, 0.1) is 24.4 Å². The molecule has 1 aliphatic heterocycles. The predicted molar refractivity (Wildman–Crippen MR) is 203 cm³/mol. The van der Waals surface area contributed by atoms with Gasteiger partial charge >= 0.3 is 12.0 Å². The third-order valence-electron chi connectivity index (χ3n) is 11.8. The Kier molecular flexibility index (Phi) is 10.3. The molecule has 3 aromatic carbocycles. The number of carboxylic acid groups (broad SMARTS) is 1.